The van der Waals surface area contributed by atoms with Crippen molar-refractivity contribution in [2.45, 2.75) is 12.4 Å². The molecule has 1 heterocycles. The lowest BCUT2D eigenvalue weighted by atomic mass is 10.5. The number of hydrogen-bond donors (Lipinski definition) is 3. The standard InChI is InChI=1S/C6H8N2O2.2C2HF3O2/c7-3-4-8-5(9)1-2-6(8)10;2*3-2(4,5)1(6)7/h1-2H,3-4,7H2;2*(H,6,7). The van der Waals surface area contributed by atoms with Crippen molar-refractivity contribution >= 4 is 23.8 Å². The number of nitrogens with zero attached hydrogens (tertiary/aromatic N) is 1. The Kier molecular flexibility index (Phi) is 9.34. The molecule has 0 bridgehead atoms. The summed E-state index contributed by atoms with van der Waals surface area (Å²) in [5.74, 6) is -6.05. The molecule has 1 aliphatic rings. The Hall–Kier alpha value is -2.64. The number of carbonyl (C=O) groups excluding carboxylic acids is 2. The second kappa shape index (κ2) is 9.49. The summed E-state index contributed by atoms with van der Waals surface area (Å²) in [7, 11) is 0. The highest BCUT2D eigenvalue weighted by Gasteiger charge is 2.38. The largest absolute Gasteiger partial charge is 0.490 e. The van der Waals surface area contributed by atoms with E-state index < -0.39 is 24.3 Å². The quantitative estimate of drug-likeness (QED) is 0.465. The van der Waals surface area contributed by atoms with Gasteiger partial charge in [-0.1, -0.05) is 0 Å². The molecule has 0 radical (unpaired) electrons. The van der Waals surface area contributed by atoms with Crippen LogP contribution in [0, 0.1) is 0 Å². The Morgan fingerprint density at radius 1 is 0.917 bits per heavy atom. The van der Waals surface area contributed by atoms with E-state index in [1.165, 1.54) is 12.2 Å². The van der Waals surface area contributed by atoms with Crippen LogP contribution in [0.3, 0.4) is 0 Å². The minimum Gasteiger partial charge on any atom is -0.475 e. The molecule has 0 unspecified atom stereocenters. The highest BCUT2D eigenvalue weighted by Crippen LogP contribution is 2.13. The van der Waals surface area contributed by atoms with Crippen LogP contribution in [0.5, 0.6) is 0 Å². The molecule has 0 aromatic carbocycles. The molecule has 0 aromatic heterocycles. The number of aliphatic carboxylic acids is 2. The zero-order chi connectivity index (χ0) is 19.7. The van der Waals surface area contributed by atoms with E-state index in [4.69, 9.17) is 25.5 Å². The van der Waals surface area contributed by atoms with Gasteiger partial charge in [-0.2, -0.15) is 26.3 Å². The molecular weight excluding hydrogens is 358 g/mol. The molecule has 14 heteroatoms. The van der Waals surface area contributed by atoms with E-state index in [2.05, 4.69) is 0 Å². The van der Waals surface area contributed by atoms with E-state index >= 15 is 0 Å². The minimum absolute atomic E-state index is 0.268. The summed E-state index contributed by atoms with van der Waals surface area (Å²) in [4.78, 5) is 40.4. The molecule has 0 aromatic rings. The fourth-order valence-corrected chi connectivity index (χ4v) is 0.781. The number of imide groups is 1. The SMILES string of the molecule is NCCN1C(=O)C=CC1=O.O=C(O)C(F)(F)F.O=C(O)C(F)(F)F. The molecule has 0 aliphatic carbocycles. The Morgan fingerprint density at radius 2 is 1.17 bits per heavy atom. The fourth-order valence-electron chi connectivity index (χ4n) is 0.781. The van der Waals surface area contributed by atoms with Gasteiger partial charge in [0.25, 0.3) is 11.8 Å². The molecule has 2 amide bonds. The molecule has 138 valence electrons. The number of carboxylic acid groups (broad SMARTS) is 2. The Morgan fingerprint density at radius 3 is 1.33 bits per heavy atom. The van der Waals surface area contributed by atoms with Gasteiger partial charge in [0.15, 0.2) is 0 Å². The summed E-state index contributed by atoms with van der Waals surface area (Å²) < 4.78 is 63.5. The van der Waals surface area contributed by atoms with Crippen molar-refractivity contribution in [2.75, 3.05) is 13.1 Å². The van der Waals surface area contributed by atoms with Crippen LogP contribution < -0.4 is 5.73 Å². The van der Waals surface area contributed by atoms with Crippen LogP contribution in [-0.2, 0) is 19.2 Å². The maximum absolute atomic E-state index is 10.7. The summed E-state index contributed by atoms with van der Waals surface area (Å²) in [5, 5.41) is 14.2. The Balaban J connectivity index is 0. The van der Waals surface area contributed by atoms with Gasteiger partial charge in [0, 0.05) is 25.2 Å². The van der Waals surface area contributed by atoms with E-state index in [1.807, 2.05) is 0 Å². The lowest BCUT2D eigenvalue weighted by Gasteiger charge is -2.10. The lowest BCUT2D eigenvalue weighted by molar-refractivity contribution is -0.193. The first kappa shape index (κ1) is 23.6. The fraction of sp³-hybridized carbons (Fsp3) is 0.400. The highest BCUT2D eigenvalue weighted by molar-refractivity contribution is 6.12. The predicted molar refractivity (Wildman–Crippen MR) is 62.3 cm³/mol. The van der Waals surface area contributed by atoms with Crippen molar-refractivity contribution in [1.82, 2.24) is 4.90 Å². The number of hydrogen-bond acceptors (Lipinski definition) is 5. The average molecular weight is 368 g/mol. The van der Waals surface area contributed by atoms with E-state index in [-0.39, 0.29) is 11.8 Å². The van der Waals surface area contributed by atoms with Gasteiger partial charge in [-0.25, -0.2) is 9.59 Å². The molecule has 24 heavy (non-hydrogen) atoms. The van der Waals surface area contributed by atoms with Crippen LogP contribution >= 0.6 is 0 Å². The van der Waals surface area contributed by atoms with Crippen molar-refractivity contribution in [2.24, 2.45) is 5.73 Å². The van der Waals surface area contributed by atoms with Gasteiger partial charge in [-0.05, 0) is 0 Å². The number of amides is 2. The Labute approximate surface area is 129 Å². The van der Waals surface area contributed by atoms with Crippen LogP contribution in [0.4, 0.5) is 26.3 Å². The summed E-state index contributed by atoms with van der Waals surface area (Å²) in [5.41, 5.74) is 5.16. The second-order valence-corrected chi connectivity index (χ2v) is 3.56. The molecule has 0 saturated carbocycles. The molecule has 1 aliphatic heterocycles. The maximum Gasteiger partial charge on any atom is 0.490 e. The third-order valence-corrected chi connectivity index (χ3v) is 1.74. The third-order valence-electron chi connectivity index (χ3n) is 1.74. The van der Waals surface area contributed by atoms with Gasteiger partial charge in [0.1, 0.15) is 0 Å². The summed E-state index contributed by atoms with van der Waals surface area (Å²) in [6.45, 7) is 0.629. The number of nitrogens with two attached hydrogens (primary N) is 1. The topological polar surface area (TPSA) is 138 Å². The number of alkyl halides is 6. The average Bonchev–Trinajstić information content (AvgIpc) is 2.70. The lowest BCUT2D eigenvalue weighted by Crippen LogP contribution is -2.34. The molecular formula is C10H10F6N2O6. The van der Waals surface area contributed by atoms with Gasteiger partial charge >= 0.3 is 24.3 Å². The number of carbonyl (C=O) groups is 4. The van der Waals surface area contributed by atoms with Crippen LogP contribution in [0.25, 0.3) is 0 Å². The van der Waals surface area contributed by atoms with E-state index in [0.29, 0.717) is 13.1 Å². The first-order valence-electron chi connectivity index (χ1n) is 5.48. The monoisotopic (exact) mass is 368 g/mol. The van der Waals surface area contributed by atoms with Gasteiger partial charge in [-0.3, -0.25) is 14.5 Å². The minimum atomic E-state index is -5.08. The molecule has 8 nitrogen and oxygen atoms in total. The van der Waals surface area contributed by atoms with Crippen LogP contribution in [-0.4, -0.2) is 64.3 Å². The third kappa shape index (κ3) is 10.1. The predicted octanol–water partition coefficient (Wildman–Crippen LogP) is 0.137. The first-order chi connectivity index (χ1) is 10.6. The van der Waals surface area contributed by atoms with Crippen molar-refractivity contribution in [1.29, 1.82) is 0 Å². The van der Waals surface area contributed by atoms with Crippen molar-refractivity contribution in [3.8, 4) is 0 Å². The first-order valence-corrected chi connectivity index (χ1v) is 5.48. The number of rotatable bonds is 2. The molecule has 0 spiro atoms. The van der Waals surface area contributed by atoms with Gasteiger partial charge in [0.2, 0.25) is 0 Å². The normalized spacial score (nSPS) is 13.7. The van der Waals surface area contributed by atoms with Crippen molar-refractivity contribution in [3.05, 3.63) is 12.2 Å². The summed E-state index contributed by atoms with van der Waals surface area (Å²) in [6, 6.07) is 0. The molecule has 1 rings (SSSR count). The molecule has 0 atom stereocenters. The zero-order valence-electron chi connectivity index (χ0n) is 11.4. The second-order valence-electron chi connectivity index (χ2n) is 3.56. The number of halogens is 6. The van der Waals surface area contributed by atoms with Crippen LogP contribution in [0.2, 0.25) is 0 Å². The summed E-state index contributed by atoms with van der Waals surface area (Å²) >= 11 is 0. The van der Waals surface area contributed by atoms with Gasteiger partial charge < -0.3 is 15.9 Å². The molecule has 0 saturated heterocycles. The van der Waals surface area contributed by atoms with E-state index in [1.54, 1.807) is 0 Å². The molecule has 4 N–H and O–H groups in total. The summed E-state index contributed by atoms with van der Waals surface area (Å²) in [6.07, 6.45) is -7.67. The van der Waals surface area contributed by atoms with Gasteiger partial charge in [-0.15, -0.1) is 0 Å². The van der Waals surface area contributed by atoms with Crippen molar-refractivity contribution in [3.63, 3.8) is 0 Å². The van der Waals surface area contributed by atoms with Crippen LogP contribution in [0.1, 0.15) is 0 Å². The Bertz CT molecular complexity index is 471. The van der Waals surface area contributed by atoms with E-state index in [0.717, 1.165) is 4.90 Å². The van der Waals surface area contributed by atoms with Crippen LogP contribution in [0.15, 0.2) is 12.2 Å². The molecule has 0 fully saturated rings. The van der Waals surface area contributed by atoms with E-state index in [9.17, 15) is 35.9 Å². The smallest absolute Gasteiger partial charge is 0.475 e. The zero-order valence-corrected chi connectivity index (χ0v) is 11.4. The number of carboxylic acids is 2. The van der Waals surface area contributed by atoms with Crippen molar-refractivity contribution < 1.29 is 55.7 Å². The maximum atomic E-state index is 10.7. The van der Waals surface area contributed by atoms with Gasteiger partial charge in [0.05, 0.1) is 0 Å². The highest BCUT2D eigenvalue weighted by atomic mass is 19.4.